The molecular formula is C27H37NO5. The molecule has 5 rings (SSSR count). The molecule has 2 heterocycles. The third-order valence-corrected chi connectivity index (χ3v) is 9.22. The number of hydrogen-bond acceptors (Lipinski definition) is 6. The Morgan fingerprint density at radius 3 is 2.55 bits per heavy atom. The first-order valence-corrected chi connectivity index (χ1v) is 12.3. The summed E-state index contributed by atoms with van der Waals surface area (Å²) in [4.78, 5) is 15.4. The molecule has 0 radical (unpaired) electrons. The molecular weight excluding hydrogens is 418 g/mol. The molecule has 1 saturated carbocycles. The lowest BCUT2D eigenvalue weighted by molar-refractivity contribution is -0.145. The highest BCUT2D eigenvalue weighted by molar-refractivity contribution is 5.76. The topological polar surface area (TPSA) is 68.2 Å². The van der Waals surface area contributed by atoms with E-state index in [-0.39, 0.29) is 35.4 Å². The summed E-state index contributed by atoms with van der Waals surface area (Å²) < 4.78 is 16.9. The summed E-state index contributed by atoms with van der Waals surface area (Å²) in [5, 5.41) is 11.6. The number of benzene rings is 1. The first-order valence-electron chi connectivity index (χ1n) is 12.3. The van der Waals surface area contributed by atoms with Crippen molar-refractivity contribution in [3.8, 4) is 11.5 Å². The summed E-state index contributed by atoms with van der Waals surface area (Å²) in [7, 11) is 3.32. The zero-order valence-corrected chi connectivity index (χ0v) is 20.5. The minimum Gasteiger partial charge on any atom is -0.493 e. The quantitative estimate of drug-likeness (QED) is 0.551. The molecule has 0 bridgehead atoms. The van der Waals surface area contributed by atoms with Crippen molar-refractivity contribution >= 4 is 5.97 Å². The van der Waals surface area contributed by atoms with Crippen LogP contribution in [0.5, 0.6) is 11.5 Å². The molecule has 7 atom stereocenters. The normalized spacial score (nSPS) is 38.0. The highest BCUT2D eigenvalue weighted by atomic mass is 16.6. The van der Waals surface area contributed by atoms with Crippen LogP contribution < -0.4 is 9.47 Å². The summed E-state index contributed by atoms with van der Waals surface area (Å²) in [5.41, 5.74) is 3.48. The van der Waals surface area contributed by atoms with Gasteiger partial charge in [0, 0.05) is 36.9 Å². The molecule has 0 amide bonds. The van der Waals surface area contributed by atoms with Gasteiger partial charge in [0.2, 0.25) is 0 Å². The first-order chi connectivity index (χ1) is 15.8. The number of aliphatic hydroxyl groups excluding tert-OH is 1. The summed E-state index contributed by atoms with van der Waals surface area (Å²) in [5.74, 6) is 1.27. The van der Waals surface area contributed by atoms with E-state index in [9.17, 15) is 9.90 Å². The van der Waals surface area contributed by atoms with Crippen molar-refractivity contribution in [2.24, 2.45) is 23.2 Å². The van der Waals surface area contributed by atoms with E-state index in [0.29, 0.717) is 12.5 Å². The maximum atomic E-state index is 13.1. The number of allylic oxidation sites excluding steroid dienone is 1. The maximum Gasteiger partial charge on any atom is 0.311 e. The molecule has 6 heteroatoms. The van der Waals surface area contributed by atoms with Crippen molar-refractivity contribution < 1.29 is 24.1 Å². The lowest BCUT2D eigenvalue weighted by Crippen LogP contribution is -2.55. The number of aliphatic hydroxyl groups is 1. The molecule has 1 aromatic carbocycles. The number of esters is 1. The van der Waals surface area contributed by atoms with E-state index in [1.807, 2.05) is 0 Å². The van der Waals surface area contributed by atoms with Crippen LogP contribution in [0.2, 0.25) is 0 Å². The van der Waals surface area contributed by atoms with Gasteiger partial charge in [0.1, 0.15) is 6.10 Å². The van der Waals surface area contributed by atoms with Crippen molar-refractivity contribution in [2.75, 3.05) is 20.8 Å². The van der Waals surface area contributed by atoms with Crippen molar-refractivity contribution in [1.29, 1.82) is 0 Å². The highest BCUT2D eigenvalue weighted by Crippen LogP contribution is 2.56. The minimum atomic E-state index is -0.564. The van der Waals surface area contributed by atoms with Crippen molar-refractivity contribution in [2.45, 2.75) is 71.2 Å². The third kappa shape index (κ3) is 3.48. The molecule has 1 saturated heterocycles. The Kier molecular flexibility index (Phi) is 5.73. The van der Waals surface area contributed by atoms with E-state index < -0.39 is 6.10 Å². The van der Waals surface area contributed by atoms with Gasteiger partial charge < -0.3 is 19.3 Å². The summed E-state index contributed by atoms with van der Waals surface area (Å²) in [6.45, 7) is 8.00. The van der Waals surface area contributed by atoms with E-state index in [4.69, 9.17) is 14.2 Å². The van der Waals surface area contributed by atoms with Crippen LogP contribution in [0.4, 0.5) is 0 Å². The van der Waals surface area contributed by atoms with Gasteiger partial charge in [-0.05, 0) is 55.4 Å². The van der Waals surface area contributed by atoms with Gasteiger partial charge in [0.15, 0.2) is 11.5 Å². The van der Waals surface area contributed by atoms with E-state index in [1.54, 1.807) is 14.2 Å². The minimum absolute atomic E-state index is 0.148. The van der Waals surface area contributed by atoms with Gasteiger partial charge in [0.05, 0.1) is 26.2 Å². The smallest absolute Gasteiger partial charge is 0.311 e. The Balaban J connectivity index is 1.40. The number of ether oxygens (including phenoxy) is 3. The fourth-order valence-corrected chi connectivity index (χ4v) is 6.89. The first kappa shape index (κ1) is 22.7. The molecule has 0 spiro atoms. The molecule has 1 aromatic rings. The van der Waals surface area contributed by atoms with Gasteiger partial charge in [0.25, 0.3) is 0 Å². The zero-order chi connectivity index (χ0) is 23.5. The molecule has 2 aliphatic heterocycles. The number of fused-ring (bicyclic) bond motifs is 3. The number of carbonyl (C=O) groups is 1. The number of nitrogens with zero attached hydrogens (tertiary/aromatic N) is 1. The Morgan fingerprint density at radius 2 is 1.85 bits per heavy atom. The molecule has 33 heavy (non-hydrogen) atoms. The maximum absolute atomic E-state index is 13.1. The number of hydrogen-bond donors (Lipinski definition) is 1. The second-order valence-corrected chi connectivity index (χ2v) is 10.8. The third-order valence-electron chi connectivity index (χ3n) is 9.22. The molecule has 1 N–H and O–H groups in total. The van der Waals surface area contributed by atoms with Gasteiger partial charge in [-0.25, -0.2) is 0 Å². The predicted octanol–water partition coefficient (Wildman–Crippen LogP) is 3.74. The number of carbonyl (C=O) groups excluding carboxylic acids is 1. The average Bonchev–Trinajstić information content (AvgIpc) is 3.10. The average molecular weight is 456 g/mol. The summed E-state index contributed by atoms with van der Waals surface area (Å²) in [6, 6.07) is 4.41. The van der Waals surface area contributed by atoms with Crippen LogP contribution >= 0.6 is 0 Å². The molecule has 180 valence electrons. The van der Waals surface area contributed by atoms with E-state index in [2.05, 4.69) is 43.9 Å². The lowest BCUT2D eigenvalue weighted by Gasteiger charge is -2.52. The molecule has 6 nitrogen and oxygen atoms in total. The van der Waals surface area contributed by atoms with Crippen LogP contribution in [0, 0.1) is 23.2 Å². The van der Waals surface area contributed by atoms with E-state index >= 15 is 0 Å². The van der Waals surface area contributed by atoms with Crippen LogP contribution in [0.25, 0.3) is 0 Å². The number of rotatable bonds is 4. The molecule has 2 fully saturated rings. The standard InChI is InChI=1S/C27H37NO5/c1-15-7-6-8-19-12-23-24(25(29)27(15,19)3)20(26(30)33-23)14-28-13-18-11-22(32-5)21(31-4)10-17(18)9-16(28)2/h8,10-11,15-16,20,23-25,29H,6-7,9,12-14H2,1-5H3/t15-,16+,20-,23+,24+,25-,27+/m0/s1. The highest BCUT2D eigenvalue weighted by Gasteiger charge is 2.60. The van der Waals surface area contributed by atoms with E-state index in [1.165, 1.54) is 16.7 Å². The van der Waals surface area contributed by atoms with E-state index in [0.717, 1.165) is 43.7 Å². The molecule has 0 unspecified atom stereocenters. The Hall–Kier alpha value is -2.05. The fourth-order valence-electron chi connectivity index (χ4n) is 6.89. The summed E-state index contributed by atoms with van der Waals surface area (Å²) >= 11 is 0. The van der Waals surface area contributed by atoms with Gasteiger partial charge in [-0.15, -0.1) is 0 Å². The van der Waals surface area contributed by atoms with Crippen molar-refractivity contribution in [1.82, 2.24) is 4.90 Å². The van der Waals surface area contributed by atoms with Crippen molar-refractivity contribution in [3.05, 3.63) is 34.9 Å². The lowest BCUT2D eigenvalue weighted by atomic mass is 9.55. The van der Waals surface area contributed by atoms with Gasteiger partial charge in [-0.2, -0.15) is 0 Å². The van der Waals surface area contributed by atoms with Gasteiger partial charge in [-0.3, -0.25) is 9.69 Å². The van der Waals surface area contributed by atoms with Crippen LogP contribution in [0.15, 0.2) is 23.8 Å². The Labute approximate surface area is 196 Å². The molecule has 2 aliphatic carbocycles. The Bertz CT molecular complexity index is 974. The molecule has 4 aliphatic rings. The fraction of sp³-hybridized carbons (Fsp3) is 0.667. The van der Waals surface area contributed by atoms with Gasteiger partial charge >= 0.3 is 5.97 Å². The monoisotopic (exact) mass is 455 g/mol. The number of methoxy groups -OCH3 is 2. The van der Waals surface area contributed by atoms with Crippen LogP contribution in [-0.2, 0) is 22.5 Å². The van der Waals surface area contributed by atoms with Crippen LogP contribution in [0.3, 0.4) is 0 Å². The Morgan fingerprint density at radius 1 is 1.15 bits per heavy atom. The molecule has 0 aromatic heterocycles. The predicted molar refractivity (Wildman–Crippen MR) is 125 cm³/mol. The second-order valence-electron chi connectivity index (χ2n) is 10.8. The van der Waals surface area contributed by atoms with Crippen LogP contribution in [0.1, 0.15) is 51.2 Å². The van der Waals surface area contributed by atoms with Crippen molar-refractivity contribution in [3.63, 3.8) is 0 Å². The largest absolute Gasteiger partial charge is 0.493 e. The SMILES string of the molecule is COc1cc2c(cc1OC)CN(C[C@@H]1C(=O)O[C@@H]3CC4=CCC[C@H](C)[C@@]4(C)[C@@H](O)[C@H]13)[C@H](C)C2. The zero-order valence-electron chi connectivity index (χ0n) is 20.5. The second kappa shape index (κ2) is 8.31. The van der Waals surface area contributed by atoms with Crippen LogP contribution in [-0.4, -0.2) is 55.0 Å². The van der Waals surface area contributed by atoms with Gasteiger partial charge in [-0.1, -0.05) is 25.5 Å². The summed E-state index contributed by atoms with van der Waals surface area (Å²) in [6.07, 6.45) is 5.29.